The van der Waals surface area contributed by atoms with Gasteiger partial charge in [0.1, 0.15) is 10.6 Å². The molecule has 0 aliphatic rings. The summed E-state index contributed by atoms with van der Waals surface area (Å²) in [7, 11) is -2.11. The fraction of sp³-hybridized carbons (Fsp3) is 0.316. The Kier molecular flexibility index (Phi) is 5.23. The molecule has 0 atom stereocenters. The molecule has 25 heavy (non-hydrogen) atoms. The van der Waals surface area contributed by atoms with Crippen LogP contribution in [0.2, 0.25) is 0 Å². The summed E-state index contributed by atoms with van der Waals surface area (Å²) in [6.07, 6.45) is 1.08. The fourth-order valence-corrected chi connectivity index (χ4v) is 3.22. The summed E-state index contributed by atoms with van der Waals surface area (Å²) < 4.78 is 28.8. The molecule has 0 saturated carbocycles. The number of anilines is 1. The first kappa shape index (κ1) is 19.0. The van der Waals surface area contributed by atoms with Crippen LogP contribution in [-0.4, -0.2) is 27.7 Å². The summed E-state index contributed by atoms with van der Waals surface area (Å²) in [6.45, 7) is 6.35. The molecular weight excluding hydrogens is 338 g/mol. The normalized spacial score (nSPS) is 11.9. The summed E-state index contributed by atoms with van der Waals surface area (Å²) in [5.74, 6) is -0.162. The van der Waals surface area contributed by atoms with E-state index < -0.39 is 9.84 Å². The Morgan fingerprint density at radius 3 is 2.12 bits per heavy atom. The predicted molar refractivity (Wildman–Crippen MR) is 99.2 cm³/mol. The standard InChI is InChI=1S/C19H23NO4S/c1-19(2,3)14-7-9-15(10-8-14)20-18(21)13-6-11-16(24-4)17(12-13)25(5,22)23/h6-12H,1-5H3,(H,20,21). The molecule has 2 rings (SSSR count). The van der Waals surface area contributed by atoms with Gasteiger partial charge in [0.2, 0.25) is 0 Å². The quantitative estimate of drug-likeness (QED) is 0.902. The van der Waals surface area contributed by atoms with Gasteiger partial charge >= 0.3 is 0 Å². The van der Waals surface area contributed by atoms with E-state index in [9.17, 15) is 13.2 Å². The second kappa shape index (κ2) is 6.88. The van der Waals surface area contributed by atoms with Crippen LogP contribution in [-0.2, 0) is 15.3 Å². The third-order valence-corrected chi connectivity index (χ3v) is 4.95. The van der Waals surface area contributed by atoms with Crippen LogP contribution < -0.4 is 10.1 Å². The zero-order valence-electron chi connectivity index (χ0n) is 15.1. The lowest BCUT2D eigenvalue weighted by Gasteiger charge is -2.19. The Balaban J connectivity index is 2.27. The molecule has 0 fully saturated rings. The van der Waals surface area contributed by atoms with Crippen molar-refractivity contribution in [1.29, 1.82) is 0 Å². The number of methoxy groups -OCH3 is 1. The Hall–Kier alpha value is -2.34. The van der Waals surface area contributed by atoms with E-state index in [1.807, 2.05) is 24.3 Å². The van der Waals surface area contributed by atoms with Crippen molar-refractivity contribution in [3.63, 3.8) is 0 Å². The van der Waals surface area contributed by atoms with Crippen LogP contribution in [0.5, 0.6) is 5.75 Å². The molecule has 2 aromatic carbocycles. The van der Waals surface area contributed by atoms with E-state index in [1.54, 1.807) is 0 Å². The van der Waals surface area contributed by atoms with E-state index in [0.717, 1.165) is 11.8 Å². The van der Waals surface area contributed by atoms with Crippen molar-refractivity contribution in [1.82, 2.24) is 0 Å². The monoisotopic (exact) mass is 361 g/mol. The number of rotatable bonds is 4. The van der Waals surface area contributed by atoms with Gasteiger partial charge in [-0.15, -0.1) is 0 Å². The van der Waals surface area contributed by atoms with E-state index in [4.69, 9.17) is 4.74 Å². The van der Waals surface area contributed by atoms with Crippen LogP contribution in [0.15, 0.2) is 47.4 Å². The van der Waals surface area contributed by atoms with Crippen molar-refractivity contribution in [3.8, 4) is 5.75 Å². The first-order chi connectivity index (χ1) is 11.5. The van der Waals surface area contributed by atoms with Crippen molar-refractivity contribution in [2.75, 3.05) is 18.7 Å². The number of sulfone groups is 1. The minimum Gasteiger partial charge on any atom is -0.495 e. The summed E-state index contributed by atoms with van der Waals surface area (Å²) in [5.41, 5.74) is 2.09. The molecule has 0 saturated heterocycles. The average Bonchev–Trinajstić information content (AvgIpc) is 2.53. The lowest BCUT2D eigenvalue weighted by atomic mass is 9.87. The van der Waals surface area contributed by atoms with Crippen LogP contribution in [0.25, 0.3) is 0 Å². The molecule has 0 radical (unpaired) electrons. The van der Waals surface area contributed by atoms with Crippen molar-refractivity contribution in [2.45, 2.75) is 31.1 Å². The van der Waals surface area contributed by atoms with Crippen molar-refractivity contribution in [3.05, 3.63) is 53.6 Å². The summed E-state index contributed by atoms with van der Waals surface area (Å²) in [6, 6.07) is 11.9. The highest BCUT2D eigenvalue weighted by Crippen LogP contribution is 2.26. The van der Waals surface area contributed by atoms with Gasteiger partial charge < -0.3 is 10.1 Å². The molecule has 0 aliphatic heterocycles. The SMILES string of the molecule is COc1ccc(C(=O)Nc2ccc(C(C)(C)C)cc2)cc1S(C)(=O)=O. The molecule has 1 amide bonds. The first-order valence-electron chi connectivity index (χ1n) is 7.82. The highest BCUT2D eigenvalue weighted by atomic mass is 32.2. The van der Waals surface area contributed by atoms with E-state index in [-0.39, 0.29) is 27.5 Å². The van der Waals surface area contributed by atoms with E-state index >= 15 is 0 Å². The Bertz CT molecular complexity index is 879. The number of nitrogens with one attached hydrogen (secondary N) is 1. The summed E-state index contributed by atoms with van der Waals surface area (Å²) in [5, 5.41) is 2.78. The van der Waals surface area contributed by atoms with E-state index in [2.05, 4.69) is 26.1 Å². The topological polar surface area (TPSA) is 72.5 Å². The van der Waals surface area contributed by atoms with Crippen molar-refractivity contribution >= 4 is 21.4 Å². The van der Waals surface area contributed by atoms with Gasteiger partial charge in [-0.2, -0.15) is 0 Å². The first-order valence-corrected chi connectivity index (χ1v) is 9.71. The maximum absolute atomic E-state index is 12.4. The van der Waals surface area contributed by atoms with Crippen LogP contribution in [0.4, 0.5) is 5.69 Å². The van der Waals surface area contributed by atoms with Gasteiger partial charge in [0, 0.05) is 17.5 Å². The van der Waals surface area contributed by atoms with Crippen LogP contribution in [0.1, 0.15) is 36.7 Å². The molecule has 6 heteroatoms. The number of ether oxygens (including phenoxy) is 1. The molecule has 0 aromatic heterocycles. The van der Waals surface area contributed by atoms with Crippen LogP contribution >= 0.6 is 0 Å². The Morgan fingerprint density at radius 2 is 1.64 bits per heavy atom. The minimum absolute atomic E-state index is 0.00858. The van der Waals surface area contributed by atoms with Gasteiger partial charge in [-0.05, 0) is 41.3 Å². The van der Waals surface area contributed by atoms with E-state index in [1.165, 1.54) is 25.3 Å². The van der Waals surface area contributed by atoms with Crippen molar-refractivity contribution in [2.24, 2.45) is 0 Å². The molecule has 134 valence electrons. The third-order valence-electron chi connectivity index (χ3n) is 3.83. The number of hydrogen-bond acceptors (Lipinski definition) is 4. The van der Waals surface area contributed by atoms with Gasteiger partial charge in [0.05, 0.1) is 7.11 Å². The van der Waals surface area contributed by atoms with Gasteiger partial charge in [0.25, 0.3) is 5.91 Å². The van der Waals surface area contributed by atoms with Gasteiger partial charge in [-0.1, -0.05) is 32.9 Å². The zero-order chi connectivity index (χ0) is 18.8. The molecule has 0 heterocycles. The smallest absolute Gasteiger partial charge is 0.255 e. The maximum atomic E-state index is 12.4. The summed E-state index contributed by atoms with van der Waals surface area (Å²) in [4.78, 5) is 12.4. The molecule has 0 unspecified atom stereocenters. The summed E-state index contributed by atoms with van der Waals surface area (Å²) >= 11 is 0. The molecular formula is C19H23NO4S. The Labute approximate surface area is 148 Å². The van der Waals surface area contributed by atoms with Gasteiger partial charge in [-0.25, -0.2) is 8.42 Å². The van der Waals surface area contributed by atoms with Crippen LogP contribution in [0, 0.1) is 0 Å². The lowest BCUT2D eigenvalue weighted by molar-refractivity contribution is 0.102. The molecule has 2 aromatic rings. The highest BCUT2D eigenvalue weighted by molar-refractivity contribution is 7.90. The Morgan fingerprint density at radius 1 is 1.04 bits per heavy atom. The number of amides is 1. The van der Waals surface area contributed by atoms with Gasteiger partial charge in [0.15, 0.2) is 9.84 Å². The zero-order valence-corrected chi connectivity index (χ0v) is 15.9. The number of carbonyl (C=O) groups excluding carboxylic acids is 1. The maximum Gasteiger partial charge on any atom is 0.255 e. The minimum atomic E-state index is -3.50. The third kappa shape index (κ3) is 4.60. The molecule has 0 bridgehead atoms. The number of carbonyl (C=O) groups is 1. The van der Waals surface area contributed by atoms with Crippen molar-refractivity contribution < 1.29 is 17.9 Å². The molecule has 0 aliphatic carbocycles. The van der Waals surface area contributed by atoms with Crippen LogP contribution in [0.3, 0.4) is 0 Å². The fourth-order valence-electron chi connectivity index (χ4n) is 2.36. The number of hydrogen-bond donors (Lipinski definition) is 1. The molecule has 0 spiro atoms. The van der Waals surface area contributed by atoms with Gasteiger partial charge in [-0.3, -0.25) is 4.79 Å². The lowest BCUT2D eigenvalue weighted by Crippen LogP contribution is -2.14. The highest BCUT2D eigenvalue weighted by Gasteiger charge is 2.18. The second-order valence-electron chi connectivity index (χ2n) is 6.92. The van der Waals surface area contributed by atoms with E-state index in [0.29, 0.717) is 5.69 Å². The molecule has 5 nitrogen and oxygen atoms in total. The second-order valence-corrected chi connectivity index (χ2v) is 8.90. The number of benzene rings is 2. The predicted octanol–water partition coefficient (Wildman–Crippen LogP) is 3.65. The largest absolute Gasteiger partial charge is 0.495 e. The molecule has 1 N–H and O–H groups in total. The average molecular weight is 361 g/mol.